The molecule has 0 radical (unpaired) electrons. The summed E-state index contributed by atoms with van der Waals surface area (Å²) in [6, 6.07) is 0.607. The first kappa shape index (κ1) is 14.9. The van der Waals surface area contributed by atoms with Crippen molar-refractivity contribution in [2.24, 2.45) is 16.8 Å². The molecule has 0 aromatic rings. The van der Waals surface area contributed by atoms with Gasteiger partial charge < -0.3 is 4.90 Å². The van der Waals surface area contributed by atoms with Crippen LogP contribution in [-0.2, 0) is 0 Å². The van der Waals surface area contributed by atoms with Gasteiger partial charge in [0.1, 0.15) is 13.7 Å². The van der Waals surface area contributed by atoms with Gasteiger partial charge in [-0.3, -0.25) is 4.99 Å². The Labute approximate surface area is 120 Å². The van der Waals surface area contributed by atoms with Crippen LogP contribution in [0.15, 0.2) is 4.99 Å². The van der Waals surface area contributed by atoms with Crippen molar-refractivity contribution in [2.75, 3.05) is 13.1 Å². The van der Waals surface area contributed by atoms with E-state index < -0.39 is 0 Å². The minimum atomic E-state index is 0.607. The largest absolute Gasteiger partial charge is 0.358 e. The average Bonchev–Trinajstić information content (AvgIpc) is 2.35. The van der Waals surface area contributed by atoms with Crippen LogP contribution in [0.1, 0.15) is 59.3 Å². The fraction of sp³-hybridized carbons (Fsp3) is 0.938. The third kappa shape index (κ3) is 3.55. The van der Waals surface area contributed by atoms with E-state index in [-0.39, 0.29) is 0 Å². The summed E-state index contributed by atoms with van der Waals surface area (Å²) < 4.78 is 0. The zero-order chi connectivity index (χ0) is 13.8. The molecule has 0 N–H and O–H groups in total. The summed E-state index contributed by atoms with van der Waals surface area (Å²) >= 11 is 0. The van der Waals surface area contributed by atoms with Crippen LogP contribution in [-0.4, -0.2) is 37.7 Å². The Kier molecular flexibility index (Phi) is 5.35. The first-order chi connectivity index (χ1) is 9.13. The maximum absolute atomic E-state index is 4.90. The third-order valence-electron chi connectivity index (χ3n) is 5.12. The smallest absolute Gasteiger partial charge is 0.105 e. The van der Waals surface area contributed by atoms with E-state index in [1.165, 1.54) is 50.9 Å². The molecule has 2 aliphatic rings. The van der Waals surface area contributed by atoms with Crippen LogP contribution in [0.4, 0.5) is 0 Å². The van der Waals surface area contributed by atoms with E-state index in [1.54, 1.807) is 0 Å². The summed E-state index contributed by atoms with van der Waals surface area (Å²) in [4.78, 5) is 7.48. The monoisotopic (exact) mass is 262 g/mol. The van der Waals surface area contributed by atoms with Crippen LogP contribution in [0.2, 0.25) is 5.82 Å². The maximum Gasteiger partial charge on any atom is 0.105 e. The number of fused-ring (bicyclic) bond motifs is 1. The van der Waals surface area contributed by atoms with Gasteiger partial charge in [-0.05, 0) is 39.5 Å². The molecule has 0 bridgehead atoms. The second kappa shape index (κ2) is 6.81. The Bertz CT molecular complexity index is 314. The van der Waals surface area contributed by atoms with E-state index in [4.69, 9.17) is 4.99 Å². The van der Waals surface area contributed by atoms with Crippen molar-refractivity contribution in [3.63, 3.8) is 0 Å². The number of nitrogens with zero attached hydrogens (tertiary/aromatic N) is 2. The standard InChI is InChI=1S/C16H31BN2/c1-4-18-16-15-7-5-6-14(17)9-8-13(15)10-11-19(16)12(2)3/h12-15H,4-11,17H2,1-3H3/b18-16+. The van der Waals surface area contributed by atoms with E-state index in [2.05, 4.69) is 33.5 Å². The first-order valence-electron chi connectivity index (χ1n) is 8.44. The second-order valence-electron chi connectivity index (χ2n) is 6.89. The van der Waals surface area contributed by atoms with Gasteiger partial charge in [-0.2, -0.15) is 0 Å². The van der Waals surface area contributed by atoms with Gasteiger partial charge in [0, 0.05) is 25.0 Å². The topological polar surface area (TPSA) is 15.6 Å². The minimum Gasteiger partial charge on any atom is -0.358 e. The summed E-state index contributed by atoms with van der Waals surface area (Å²) in [6.45, 7) is 8.98. The number of rotatable bonds is 2. The molecule has 1 aliphatic carbocycles. The van der Waals surface area contributed by atoms with Crippen LogP contribution >= 0.6 is 0 Å². The average molecular weight is 262 g/mol. The van der Waals surface area contributed by atoms with Gasteiger partial charge in [0.15, 0.2) is 0 Å². The van der Waals surface area contributed by atoms with Gasteiger partial charge in [0.25, 0.3) is 0 Å². The molecule has 2 fully saturated rings. The highest BCUT2D eigenvalue weighted by atomic mass is 15.2. The number of hydrogen-bond acceptors (Lipinski definition) is 1. The fourth-order valence-electron chi connectivity index (χ4n) is 3.98. The quantitative estimate of drug-likeness (QED) is 0.698. The number of amidine groups is 1. The van der Waals surface area contributed by atoms with Gasteiger partial charge in [-0.1, -0.05) is 31.5 Å². The van der Waals surface area contributed by atoms with Gasteiger partial charge in [0.05, 0.1) is 0 Å². The Morgan fingerprint density at radius 1 is 1.21 bits per heavy atom. The molecule has 3 unspecified atom stereocenters. The van der Waals surface area contributed by atoms with Crippen molar-refractivity contribution >= 4 is 13.7 Å². The lowest BCUT2D eigenvalue weighted by Gasteiger charge is -2.44. The summed E-state index contributed by atoms with van der Waals surface area (Å²) in [5.41, 5.74) is 0. The van der Waals surface area contributed by atoms with Crippen LogP contribution in [0.25, 0.3) is 0 Å². The molecule has 0 aromatic carbocycles. The van der Waals surface area contributed by atoms with Crippen LogP contribution < -0.4 is 0 Å². The Morgan fingerprint density at radius 2 is 2.00 bits per heavy atom. The summed E-state index contributed by atoms with van der Waals surface area (Å²) in [6.07, 6.45) is 8.44. The van der Waals surface area contributed by atoms with Crippen molar-refractivity contribution in [3.8, 4) is 0 Å². The first-order valence-corrected chi connectivity index (χ1v) is 8.44. The van der Waals surface area contributed by atoms with Crippen LogP contribution in [0.5, 0.6) is 0 Å². The molecule has 1 aliphatic heterocycles. The SMILES string of the molecule is BC1CCCC2/C(=N\CC)N(C(C)C)CCC2CC1. The molecule has 2 rings (SSSR count). The number of aliphatic imine (C=N–C) groups is 1. The van der Waals surface area contributed by atoms with E-state index in [0.717, 1.165) is 24.2 Å². The van der Waals surface area contributed by atoms with Crippen molar-refractivity contribution in [1.82, 2.24) is 4.90 Å². The zero-order valence-electron chi connectivity index (χ0n) is 13.4. The lowest BCUT2D eigenvalue weighted by molar-refractivity contribution is 0.197. The molecule has 1 heterocycles. The van der Waals surface area contributed by atoms with E-state index in [1.807, 2.05) is 0 Å². The Hall–Kier alpha value is -0.465. The van der Waals surface area contributed by atoms with E-state index in [9.17, 15) is 0 Å². The highest BCUT2D eigenvalue weighted by Crippen LogP contribution is 2.38. The highest BCUT2D eigenvalue weighted by Gasteiger charge is 2.35. The van der Waals surface area contributed by atoms with Crippen molar-refractivity contribution in [1.29, 1.82) is 0 Å². The van der Waals surface area contributed by atoms with Crippen molar-refractivity contribution in [2.45, 2.75) is 71.2 Å². The molecular weight excluding hydrogens is 231 g/mol. The summed E-state index contributed by atoms with van der Waals surface area (Å²) in [7, 11) is 2.44. The van der Waals surface area contributed by atoms with E-state index >= 15 is 0 Å². The molecule has 0 spiro atoms. The molecular formula is C16H31BN2. The van der Waals surface area contributed by atoms with Gasteiger partial charge in [-0.15, -0.1) is 0 Å². The Balaban J connectivity index is 2.15. The van der Waals surface area contributed by atoms with Crippen molar-refractivity contribution < 1.29 is 0 Å². The van der Waals surface area contributed by atoms with Crippen molar-refractivity contribution in [3.05, 3.63) is 0 Å². The van der Waals surface area contributed by atoms with Gasteiger partial charge in [-0.25, -0.2) is 0 Å². The predicted molar refractivity (Wildman–Crippen MR) is 86.8 cm³/mol. The molecule has 3 atom stereocenters. The molecule has 19 heavy (non-hydrogen) atoms. The molecule has 108 valence electrons. The van der Waals surface area contributed by atoms with Crippen LogP contribution in [0, 0.1) is 11.8 Å². The molecule has 0 aromatic heterocycles. The molecule has 2 nitrogen and oxygen atoms in total. The summed E-state index contributed by atoms with van der Waals surface area (Å²) in [5, 5.41) is 0. The second-order valence-corrected chi connectivity index (χ2v) is 6.89. The maximum atomic E-state index is 4.90. The molecule has 0 amide bonds. The minimum absolute atomic E-state index is 0.607. The number of likely N-dealkylation sites (tertiary alicyclic amines) is 1. The van der Waals surface area contributed by atoms with Gasteiger partial charge >= 0.3 is 0 Å². The van der Waals surface area contributed by atoms with E-state index in [0.29, 0.717) is 6.04 Å². The predicted octanol–water partition coefficient (Wildman–Crippen LogP) is 3.14. The highest BCUT2D eigenvalue weighted by molar-refractivity contribution is 6.11. The van der Waals surface area contributed by atoms with Gasteiger partial charge in [0.2, 0.25) is 0 Å². The summed E-state index contributed by atoms with van der Waals surface area (Å²) in [5.74, 6) is 4.05. The normalized spacial score (nSPS) is 35.1. The lowest BCUT2D eigenvalue weighted by Crippen LogP contribution is -2.49. The third-order valence-corrected chi connectivity index (χ3v) is 5.12. The molecule has 3 heteroatoms. The zero-order valence-corrected chi connectivity index (χ0v) is 13.4. The fourth-order valence-corrected chi connectivity index (χ4v) is 3.98. The molecule has 1 saturated heterocycles. The van der Waals surface area contributed by atoms with Crippen LogP contribution in [0.3, 0.4) is 0 Å². The number of hydrogen-bond donors (Lipinski definition) is 0. The Morgan fingerprint density at radius 3 is 2.68 bits per heavy atom. The number of piperidine rings is 1. The lowest BCUT2D eigenvalue weighted by atomic mass is 9.69. The molecule has 1 saturated carbocycles.